The zero-order valence-corrected chi connectivity index (χ0v) is 12.1. The number of anilines is 1. The van der Waals surface area contributed by atoms with Crippen LogP contribution < -0.4 is 5.32 Å². The van der Waals surface area contributed by atoms with Gasteiger partial charge in [-0.05, 0) is 45.0 Å². The monoisotopic (exact) mass is 284 g/mol. The molecule has 0 saturated heterocycles. The van der Waals surface area contributed by atoms with Crippen molar-refractivity contribution in [1.29, 1.82) is 5.26 Å². The minimum Gasteiger partial charge on any atom is -0.444 e. The number of nitriles is 1. The van der Waals surface area contributed by atoms with Crippen molar-refractivity contribution in [2.24, 2.45) is 0 Å². The van der Waals surface area contributed by atoms with Crippen LogP contribution in [0.25, 0.3) is 5.69 Å². The quantitative estimate of drug-likeness (QED) is 0.919. The zero-order valence-electron chi connectivity index (χ0n) is 12.1. The molecule has 1 N–H and O–H groups in total. The van der Waals surface area contributed by atoms with Crippen molar-refractivity contribution in [3.8, 4) is 11.8 Å². The number of rotatable bonds is 2. The SMILES string of the molecule is CC(C)(C)OC(=O)Nc1ccc(-n2cc(C#N)cn2)cc1. The maximum atomic E-state index is 11.6. The molecular formula is C15H16N4O2. The van der Waals surface area contributed by atoms with Gasteiger partial charge in [-0.15, -0.1) is 0 Å². The van der Waals surface area contributed by atoms with Crippen LogP contribution in [-0.2, 0) is 4.74 Å². The predicted molar refractivity (Wildman–Crippen MR) is 78.1 cm³/mol. The summed E-state index contributed by atoms with van der Waals surface area (Å²) in [7, 11) is 0. The second kappa shape index (κ2) is 5.67. The van der Waals surface area contributed by atoms with Crippen LogP contribution in [0.2, 0.25) is 0 Å². The summed E-state index contributed by atoms with van der Waals surface area (Å²) < 4.78 is 6.76. The van der Waals surface area contributed by atoms with Gasteiger partial charge >= 0.3 is 6.09 Å². The van der Waals surface area contributed by atoms with E-state index in [0.29, 0.717) is 11.3 Å². The molecular weight excluding hydrogens is 268 g/mol. The van der Waals surface area contributed by atoms with Crippen molar-refractivity contribution in [2.75, 3.05) is 5.32 Å². The highest BCUT2D eigenvalue weighted by Gasteiger charge is 2.16. The smallest absolute Gasteiger partial charge is 0.412 e. The summed E-state index contributed by atoms with van der Waals surface area (Å²) in [6, 6.07) is 9.09. The fourth-order valence-corrected chi connectivity index (χ4v) is 1.64. The van der Waals surface area contributed by atoms with Gasteiger partial charge in [0.15, 0.2) is 0 Å². The Morgan fingerprint density at radius 2 is 2.00 bits per heavy atom. The third-order valence-corrected chi connectivity index (χ3v) is 2.49. The Morgan fingerprint density at radius 1 is 1.33 bits per heavy atom. The van der Waals surface area contributed by atoms with Crippen molar-refractivity contribution >= 4 is 11.8 Å². The highest BCUT2D eigenvalue weighted by Crippen LogP contribution is 2.15. The van der Waals surface area contributed by atoms with Gasteiger partial charge in [0.05, 0.1) is 17.4 Å². The summed E-state index contributed by atoms with van der Waals surface area (Å²) in [4.78, 5) is 11.6. The van der Waals surface area contributed by atoms with E-state index in [4.69, 9.17) is 10.00 Å². The van der Waals surface area contributed by atoms with E-state index in [-0.39, 0.29) is 0 Å². The van der Waals surface area contributed by atoms with Gasteiger partial charge in [-0.1, -0.05) is 0 Å². The van der Waals surface area contributed by atoms with Gasteiger partial charge in [-0.2, -0.15) is 10.4 Å². The molecule has 0 radical (unpaired) electrons. The normalized spacial score (nSPS) is 10.8. The minimum atomic E-state index is -0.535. The molecule has 0 aliphatic carbocycles. The molecule has 6 nitrogen and oxygen atoms in total. The van der Waals surface area contributed by atoms with E-state index >= 15 is 0 Å². The number of nitrogens with one attached hydrogen (secondary N) is 1. The zero-order chi connectivity index (χ0) is 15.5. The van der Waals surface area contributed by atoms with Gasteiger partial charge in [-0.25, -0.2) is 9.48 Å². The van der Waals surface area contributed by atoms with Crippen molar-refractivity contribution in [1.82, 2.24) is 9.78 Å². The first-order chi connectivity index (χ1) is 9.87. The van der Waals surface area contributed by atoms with E-state index in [9.17, 15) is 4.79 Å². The van der Waals surface area contributed by atoms with Crippen molar-refractivity contribution < 1.29 is 9.53 Å². The van der Waals surface area contributed by atoms with Crippen molar-refractivity contribution in [3.63, 3.8) is 0 Å². The van der Waals surface area contributed by atoms with Crippen molar-refractivity contribution in [2.45, 2.75) is 26.4 Å². The topological polar surface area (TPSA) is 79.9 Å². The minimum absolute atomic E-state index is 0.492. The molecule has 0 saturated carbocycles. The second-order valence-electron chi connectivity index (χ2n) is 5.46. The molecule has 1 aromatic heterocycles. The number of benzene rings is 1. The number of hydrogen-bond acceptors (Lipinski definition) is 4. The molecule has 0 aliphatic heterocycles. The summed E-state index contributed by atoms with van der Waals surface area (Å²) in [6.07, 6.45) is 2.63. The molecule has 0 unspecified atom stereocenters. The first-order valence-corrected chi connectivity index (χ1v) is 6.42. The third kappa shape index (κ3) is 4.08. The lowest BCUT2D eigenvalue weighted by atomic mass is 10.2. The van der Waals surface area contributed by atoms with Crippen LogP contribution in [0.5, 0.6) is 0 Å². The molecule has 0 fully saturated rings. The van der Waals surface area contributed by atoms with Gasteiger partial charge in [0.25, 0.3) is 0 Å². The molecule has 0 bridgehead atoms. The third-order valence-electron chi connectivity index (χ3n) is 2.49. The maximum absolute atomic E-state index is 11.6. The summed E-state index contributed by atoms with van der Waals surface area (Å²) >= 11 is 0. The van der Waals surface area contributed by atoms with Gasteiger partial charge in [0.2, 0.25) is 0 Å². The van der Waals surface area contributed by atoms with E-state index in [1.165, 1.54) is 6.20 Å². The number of nitrogens with zero attached hydrogens (tertiary/aromatic N) is 3. The van der Waals surface area contributed by atoms with Crippen LogP contribution in [0, 0.1) is 11.3 Å². The number of hydrogen-bond donors (Lipinski definition) is 1. The van der Waals surface area contributed by atoms with Crippen LogP contribution in [0.3, 0.4) is 0 Å². The Morgan fingerprint density at radius 3 is 2.52 bits per heavy atom. The molecule has 2 rings (SSSR count). The van der Waals surface area contributed by atoms with Gasteiger partial charge in [0.1, 0.15) is 11.7 Å². The van der Waals surface area contributed by atoms with E-state index < -0.39 is 11.7 Å². The summed E-state index contributed by atoms with van der Waals surface area (Å²) in [5, 5.41) is 15.5. The summed E-state index contributed by atoms with van der Waals surface area (Å²) in [5.74, 6) is 0. The van der Waals surface area contributed by atoms with E-state index in [1.54, 1.807) is 55.9 Å². The Balaban J connectivity index is 2.06. The molecule has 0 spiro atoms. The van der Waals surface area contributed by atoms with E-state index in [1.807, 2.05) is 6.07 Å². The lowest BCUT2D eigenvalue weighted by Crippen LogP contribution is -2.27. The van der Waals surface area contributed by atoms with Crippen LogP contribution >= 0.6 is 0 Å². The number of carbonyl (C=O) groups is 1. The van der Waals surface area contributed by atoms with Crippen molar-refractivity contribution in [3.05, 3.63) is 42.2 Å². The number of carbonyl (C=O) groups excluding carboxylic acids is 1. The van der Waals surface area contributed by atoms with E-state index in [2.05, 4.69) is 10.4 Å². The Labute approximate surface area is 123 Å². The van der Waals surface area contributed by atoms with Crippen LogP contribution in [-0.4, -0.2) is 21.5 Å². The lowest BCUT2D eigenvalue weighted by Gasteiger charge is -2.19. The first-order valence-electron chi connectivity index (χ1n) is 6.42. The van der Waals surface area contributed by atoms with Crippen LogP contribution in [0.1, 0.15) is 26.3 Å². The molecule has 6 heteroatoms. The summed E-state index contributed by atoms with van der Waals surface area (Å²) in [6.45, 7) is 5.42. The maximum Gasteiger partial charge on any atom is 0.412 e. The molecule has 1 amide bonds. The fourth-order valence-electron chi connectivity index (χ4n) is 1.64. The molecule has 1 aromatic carbocycles. The summed E-state index contributed by atoms with van der Waals surface area (Å²) in [5.41, 5.74) is 1.38. The molecule has 0 aliphatic rings. The molecule has 1 heterocycles. The molecule has 0 atom stereocenters. The van der Waals surface area contributed by atoms with Crippen LogP contribution in [0.4, 0.5) is 10.5 Å². The number of ether oxygens (including phenoxy) is 1. The molecule has 2 aromatic rings. The average molecular weight is 284 g/mol. The number of amides is 1. The van der Waals surface area contributed by atoms with Gasteiger partial charge in [-0.3, -0.25) is 5.32 Å². The van der Waals surface area contributed by atoms with Gasteiger partial charge < -0.3 is 4.74 Å². The first kappa shape index (κ1) is 14.6. The Bertz CT molecular complexity index is 675. The standard InChI is InChI=1S/C15H16N4O2/c1-15(2,3)21-14(20)18-12-4-6-13(7-5-12)19-10-11(8-16)9-17-19/h4-7,9-10H,1-3H3,(H,18,20). The van der Waals surface area contributed by atoms with Crippen LogP contribution in [0.15, 0.2) is 36.7 Å². The highest BCUT2D eigenvalue weighted by atomic mass is 16.6. The van der Waals surface area contributed by atoms with Gasteiger partial charge in [0, 0.05) is 11.9 Å². The Hall–Kier alpha value is -2.81. The van der Waals surface area contributed by atoms with E-state index in [0.717, 1.165) is 5.69 Å². The Kier molecular flexibility index (Phi) is 3.94. The molecule has 21 heavy (non-hydrogen) atoms. The number of aromatic nitrogens is 2. The predicted octanol–water partition coefficient (Wildman–Crippen LogP) is 3.09. The second-order valence-corrected chi connectivity index (χ2v) is 5.46. The fraction of sp³-hybridized carbons (Fsp3) is 0.267. The highest BCUT2D eigenvalue weighted by molar-refractivity contribution is 5.84. The average Bonchev–Trinajstić information content (AvgIpc) is 2.86. The largest absolute Gasteiger partial charge is 0.444 e. The molecule has 108 valence electrons. The lowest BCUT2D eigenvalue weighted by molar-refractivity contribution is 0.0636.